The van der Waals surface area contributed by atoms with Crippen LogP contribution in [-0.2, 0) is 132 Å². The first-order valence-corrected chi connectivity index (χ1v) is 39.4. The van der Waals surface area contributed by atoms with E-state index in [0.29, 0.717) is 12.8 Å². The van der Waals surface area contributed by atoms with Gasteiger partial charge in [0.25, 0.3) is 0 Å². The molecular weight excluding hydrogens is 1390 g/mol. The van der Waals surface area contributed by atoms with Crippen LogP contribution in [0.15, 0.2) is 315 Å². The first kappa shape index (κ1) is 83.5. The molecule has 562 valence electrons. The predicted molar refractivity (Wildman–Crippen MR) is 416 cm³/mol. The molecule has 0 aliphatic carbocycles. The Morgan fingerprint density at radius 3 is 0.897 bits per heavy atom. The largest absolute Gasteiger partial charge is 0.387 e. The highest BCUT2D eigenvalue weighted by Crippen LogP contribution is 2.50. The van der Waals surface area contributed by atoms with Crippen molar-refractivity contribution >= 4 is 27.6 Å². The van der Waals surface area contributed by atoms with Gasteiger partial charge in [-0.25, -0.2) is 10.1 Å². The maximum atomic E-state index is 14.0. The molecular formula is C87H98N2O16P2. The van der Waals surface area contributed by atoms with E-state index in [-0.39, 0.29) is 86.6 Å². The van der Waals surface area contributed by atoms with Crippen molar-refractivity contribution in [2.45, 2.75) is 122 Å². The van der Waals surface area contributed by atoms with Gasteiger partial charge in [0.1, 0.15) is 55.9 Å². The van der Waals surface area contributed by atoms with E-state index in [2.05, 4.69) is 0 Å². The van der Waals surface area contributed by atoms with Crippen molar-refractivity contribution < 1.29 is 76.1 Å². The second kappa shape index (κ2) is 46.2. The zero-order valence-electron chi connectivity index (χ0n) is 59.7. The number of nitrogens with zero attached hydrogens (tertiary/aromatic N) is 2. The molecule has 10 atom stereocenters. The Bertz CT molecular complexity index is 4160. The minimum atomic E-state index is -3.90. The van der Waals surface area contributed by atoms with E-state index < -0.39 is 63.3 Å². The van der Waals surface area contributed by atoms with Crippen LogP contribution in [0.1, 0.15) is 63.1 Å². The molecule has 0 spiro atoms. The van der Waals surface area contributed by atoms with Gasteiger partial charge in [-0.2, -0.15) is 0 Å². The summed E-state index contributed by atoms with van der Waals surface area (Å²) in [6, 6.07) is 95.3. The Labute approximate surface area is 629 Å². The average Bonchev–Trinajstić information content (AvgIpc) is 0.797. The van der Waals surface area contributed by atoms with Gasteiger partial charge in [-0.1, -0.05) is 311 Å². The maximum absolute atomic E-state index is 14.0. The van der Waals surface area contributed by atoms with Crippen LogP contribution in [0.5, 0.6) is 0 Å². The quantitative estimate of drug-likeness (QED) is 0.0207. The number of ether oxygens (including phenoxy) is 6. The number of carbonyl (C=O) groups is 2. The predicted octanol–water partition coefficient (Wildman–Crippen LogP) is 16.7. The number of rotatable bonds is 45. The molecule has 0 fully saturated rings. The molecule has 0 radical (unpaired) electrons. The number of hydrogen-bond donors (Lipinski definition) is 2. The van der Waals surface area contributed by atoms with Crippen molar-refractivity contribution in [2.24, 2.45) is 0 Å². The van der Waals surface area contributed by atoms with E-state index in [1.807, 2.05) is 303 Å². The Morgan fingerprint density at radius 1 is 0.327 bits per heavy atom. The Morgan fingerprint density at radius 2 is 0.579 bits per heavy atom. The lowest BCUT2D eigenvalue weighted by Crippen LogP contribution is -2.54. The summed E-state index contributed by atoms with van der Waals surface area (Å²) in [6.45, 7) is 4.07. The van der Waals surface area contributed by atoms with Crippen molar-refractivity contribution in [3.63, 3.8) is 0 Å². The summed E-state index contributed by atoms with van der Waals surface area (Å²) >= 11 is 0. The van der Waals surface area contributed by atoms with E-state index in [4.69, 9.17) is 47.1 Å². The van der Waals surface area contributed by atoms with Crippen LogP contribution in [0.4, 0.5) is 0 Å². The van der Waals surface area contributed by atoms with Gasteiger partial charge in [0.2, 0.25) is 27.6 Å². The van der Waals surface area contributed by atoms with Gasteiger partial charge in [-0.15, -0.1) is 0 Å². The van der Waals surface area contributed by atoms with E-state index in [1.165, 1.54) is 11.7 Å². The van der Waals surface area contributed by atoms with Crippen molar-refractivity contribution in [3.8, 4) is 0 Å². The summed E-state index contributed by atoms with van der Waals surface area (Å²) in [6.07, 6.45) is -4.68. The molecule has 107 heavy (non-hydrogen) atoms. The summed E-state index contributed by atoms with van der Waals surface area (Å²) in [7, 11) is -7.15. The van der Waals surface area contributed by atoms with Crippen molar-refractivity contribution in [2.75, 3.05) is 26.4 Å². The number of benzene rings is 10. The molecule has 0 bridgehead atoms. The summed E-state index contributed by atoms with van der Waals surface area (Å²) in [5.41, 5.74) is 8.72. The fourth-order valence-corrected chi connectivity index (χ4v) is 13.3. The summed E-state index contributed by atoms with van der Waals surface area (Å²) < 4.78 is 79.0. The molecule has 10 rings (SSSR count). The Balaban J connectivity index is 0.000000268. The molecule has 20 heteroatoms. The lowest BCUT2D eigenvalue weighted by molar-refractivity contribution is -0.219. The molecule has 0 aliphatic rings. The highest BCUT2D eigenvalue weighted by molar-refractivity contribution is 7.61. The monoisotopic (exact) mass is 1490 g/mol. The van der Waals surface area contributed by atoms with Crippen LogP contribution in [-0.4, -0.2) is 108 Å². The van der Waals surface area contributed by atoms with Crippen molar-refractivity contribution in [1.82, 2.24) is 10.1 Å². The minimum absolute atomic E-state index is 0. The third-order valence-corrected chi connectivity index (χ3v) is 20.2. The molecule has 4 unspecified atom stereocenters. The van der Waals surface area contributed by atoms with E-state index in [9.17, 15) is 28.9 Å². The fraction of sp³-hybridized carbons (Fsp3) is 0.264. The Kier molecular flexibility index (Phi) is 36.0. The molecule has 0 aromatic heterocycles. The summed E-state index contributed by atoms with van der Waals surface area (Å²) in [5, 5.41) is 26.1. The third kappa shape index (κ3) is 29.9. The van der Waals surface area contributed by atoms with Crippen LogP contribution in [0.3, 0.4) is 0 Å². The van der Waals surface area contributed by atoms with Gasteiger partial charge in [-0.05, 0) is 67.5 Å². The molecule has 10 aromatic carbocycles. The lowest BCUT2D eigenvalue weighted by atomic mass is 10.0. The third-order valence-electron chi connectivity index (χ3n) is 16.9. The second-order valence-electron chi connectivity index (χ2n) is 25.2. The van der Waals surface area contributed by atoms with Crippen LogP contribution < -0.4 is 0 Å². The molecule has 0 heterocycles. The van der Waals surface area contributed by atoms with Gasteiger partial charge in [0.05, 0.1) is 65.9 Å². The number of hydroxylamine groups is 4. The van der Waals surface area contributed by atoms with Gasteiger partial charge in [0.15, 0.2) is 5.85 Å². The number of carbonyl (C=O) groups excluding carboxylic acids is 2. The van der Waals surface area contributed by atoms with E-state index in [1.54, 1.807) is 18.6 Å². The molecule has 0 saturated heterocycles. The van der Waals surface area contributed by atoms with Crippen molar-refractivity contribution in [1.29, 1.82) is 0 Å². The van der Waals surface area contributed by atoms with Gasteiger partial charge in [0, 0.05) is 13.3 Å². The number of aliphatic hydroxyl groups excluding tert-OH is 2. The summed E-state index contributed by atoms with van der Waals surface area (Å²) in [5.74, 6) is -0.307. The van der Waals surface area contributed by atoms with E-state index in [0.717, 1.165) is 60.7 Å². The number of aliphatic hydroxyl groups is 2. The SMILES string of the molecule is C.CP(=O)(/C=C/[C@@H](OCc1ccccc1)[C@@H](OCc1ccccc1)[C@H](CN(C=O)OCc1ccccc1)OCc1ccccc1)OCc1ccccc1.CP(=O)(OCc1ccccc1)C(O)C(O)[C@@H](OCc1ccccc1)[C@@H](OCc1ccccc1)[C@H](CN(C=O)OCc1ccccc1)OCc1ccccc1. The van der Waals surface area contributed by atoms with Gasteiger partial charge < -0.3 is 47.7 Å². The fourth-order valence-electron chi connectivity index (χ4n) is 11.0. The molecule has 2 N–H and O–H groups in total. The van der Waals surface area contributed by atoms with Crippen LogP contribution in [0, 0.1) is 0 Å². The smallest absolute Gasteiger partial charge is 0.233 e. The summed E-state index contributed by atoms with van der Waals surface area (Å²) in [4.78, 5) is 36.9. The molecule has 18 nitrogen and oxygen atoms in total. The minimum Gasteiger partial charge on any atom is -0.387 e. The number of amides is 2. The molecule has 2 amide bonds. The van der Waals surface area contributed by atoms with Crippen LogP contribution in [0.25, 0.3) is 0 Å². The topological polar surface area (TPSA) is 208 Å². The highest BCUT2D eigenvalue weighted by atomic mass is 31.2. The molecule has 0 saturated carbocycles. The lowest BCUT2D eigenvalue weighted by Gasteiger charge is -2.39. The average molecular weight is 1490 g/mol. The maximum Gasteiger partial charge on any atom is 0.233 e. The van der Waals surface area contributed by atoms with Crippen LogP contribution in [0.2, 0.25) is 0 Å². The van der Waals surface area contributed by atoms with Gasteiger partial charge in [-0.3, -0.25) is 28.4 Å². The molecule has 10 aromatic rings. The number of hydrogen-bond acceptors (Lipinski definition) is 16. The van der Waals surface area contributed by atoms with E-state index >= 15 is 0 Å². The van der Waals surface area contributed by atoms with Crippen LogP contribution >= 0.6 is 14.7 Å². The highest BCUT2D eigenvalue weighted by Gasteiger charge is 2.46. The standard InChI is InChI=1S/C43H48NO9P.C43H46NO7P.CH4/c1-54(48,53-32-38-25-15-6-16-26-38)43(47)40(46)42(51-30-36-21-11-4-12-22-36)41(50-29-35-19-9-3-10-20-35)39(49-28-34-17-7-2-8-18-34)27-44(33-45)52-31-37-23-13-5-14-24-37;1-52(46,51-34-40-25-15-6-16-26-40)28-27-41(47-30-36-17-7-2-8-18-36)43(49-32-38-21-11-4-12-22-38)42(48-31-37-19-9-3-10-20-37)29-44(35-45)50-33-39-23-13-5-14-24-39;/h2-26,33,39-43,46-47H,27-32H2,1H3;2-28,35,41-43H,29-34H2,1H3;1H4/b;28-27+;/t39-,40?,41-,42+,43?,54?;41-,42+,43-,52?;/m01./s1. The second-order valence-corrected chi connectivity index (χ2v) is 30.2. The van der Waals surface area contributed by atoms with Gasteiger partial charge >= 0.3 is 0 Å². The normalized spacial score (nSPS) is 14.7. The zero-order valence-corrected chi connectivity index (χ0v) is 61.5. The first-order chi connectivity index (χ1) is 51.8. The first-order valence-electron chi connectivity index (χ1n) is 35.1. The zero-order chi connectivity index (χ0) is 74.3. The Hall–Kier alpha value is -9.14. The molecule has 0 aliphatic heterocycles. The van der Waals surface area contributed by atoms with Crippen molar-refractivity contribution in [3.05, 3.63) is 371 Å².